The van der Waals surface area contributed by atoms with Crippen molar-refractivity contribution in [3.05, 3.63) is 54.0 Å². The van der Waals surface area contributed by atoms with Crippen LogP contribution in [0.3, 0.4) is 0 Å². The van der Waals surface area contributed by atoms with E-state index in [1.54, 1.807) is 0 Å². The minimum Gasteiger partial charge on any atom is -0.372 e. The van der Waals surface area contributed by atoms with Crippen molar-refractivity contribution in [1.82, 2.24) is 25.6 Å². The lowest BCUT2D eigenvalue weighted by atomic mass is 10.0. The maximum atomic E-state index is 12.6. The van der Waals surface area contributed by atoms with Gasteiger partial charge in [0.05, 0.1) is 29.3 Å². The van der Waals surface area contributed by atoms with Crippen LogP contribution in [0, 0.1) is 5.92 Å². The Labute approximate surface area is 188 Å². The highest BCUT2D eigenvalue weighted by Crippen LogP contribution is 2.22. The fourth-order valence-corrected chi connectivity index (χ4v) is 4.12. The molecule has 3 aromatic rings. The number of morpholine rings is 1. The number of benzene rings is 1. The number of carbonyl (C=O) groups is 1. The van der Waals surface area contributed by atoms with E-state index in [1.165, 1.54) is 0 Å². The molecule has 3 heterocycles. The van der Waals surface area contributed by atoms with Crippen LogP contribution in [0.5, 0.6) is 0 Å². The van der Waals surface area contributed by atoms with E-state index in [-0.39, 0.29) is 30.2 Å². The Morgan fingerprint density at radius 3 is 2.59 bits per heavy atom. The summed E-state index contributed by atoms with van der Waals surface area (Å²) in [4.78, 5) is 27.4. The number of aromatic nitrogens is 3. The van der Waals surface area contributed by atoms with Gasteiger partial charge in [0, 0.05) is 25.8 Å². The van der Waals surface area contributed by atoms with Crippen LogP contribution in [0.25, 0.3) is 11.0 Å². The normalized spacial score (nSPS) is 19.8. The minimum absolute atomic E-state index is 0.181. The number of urea groups is 1. The van der Waals surface area contributed by atoms with Gasteiger partial charge in [0.25, 0.3) is 0 Å². The summed E-state index contributed by atoms with van der Waals surface area (Å²) < 4.78 is 5.79. The smallest absolute Gasteiger partial charge is 0.315 e. The molecule has 0 spiro atoms. The van der Waals surface area contributed by atoms with Gasteiger partial charge in [-0.15, -0.1) is 0 Å². The Hall–Kier alpha value is -3.13. The summed E-state index contributed by atoms with van der Waals surface area (Å²) in [5, 5.41) is 5.99. The molecule has 170 valence electrons. The second kappa shape index (κ2) is 9.56. The molecule has 1 fully saturated rings. The van der Waals surface area contributed by atoms with Crippen LogP contribution in [0.15, 0.2) is 42.6 Å². The number of H-pyrrole nitrogens is 1. The van der Waals surface area contributed by atoms with Crippen molar-refractivity contribution in [2.45, 2.75) is 52.5 Å². The summed E-state index contributed by atoms with van der Waals surface area (Å²) in [5.41, 5.74) is 2.80. The Kier molecular flexibility index (Phi) is 6.60. The van der Waals surface area contributed by atoms with Crippen molar-refractivity contribution < 1.29 is 9.53 Å². The average Bonchev–Trinajstić information content (AvgIpc) is 3.19. The van der Waals surface area contributed by atoms with Crippen molar-refractivity contribution in [2.75, 3.05) is 18.0 Å². The van der Waals surface area contributed by atoms with Crippen LogP contribution in [0.1, 0.15) is 45.1 Å². The highest BCUT2D eigenvalue weighted by Gasteiger charge is 2.23. The Bertz CT molecular complexity index is 1010. The van der Waals surface area contributed by atoms with Gasteiger partial charge in [0.1, 0.15) is 11.6 Å². The summed E-state index contributed by atoms with van der Waals surface area (Å²) in [6.45, 7) is 10.3. The number of imidazole rings is 1. The number of fused-ring (bicyclic) bond motifs is 1. The van der Waals surface area contributed by atoms with E-state index in [0.29, 0.717) is 6.54 Å². The maximum absolute atomic E-state index is 12.6. The van der Waals surface area contributed by atoms with Crippen LogP contribution in [0.4, 0.5) is 10.6 Å². The molecule has 0 aliphatic carbocycles. The number of aromatic amines is 1. The molecule has 2 aromatic heterocycles. The number of nitrogens with one attached hydrogen (secondary N) is 3. The molecule has 1 aliphatic heterocycles. The average molecular weight is 437 g/mol. The van der Waals surface area contributed by atoms with Crippen LogP contribution < -0.4 is 15.5 Å². The monoisotopic (exact) mass is 436 g/mol. The summed E-state index contributed by atoms with van der Waals surface area (Å²) in [7, 11) is 0. The first kappa shape index (κ1) is 22.1. The van der Waals surface area contributed by atoms with Crippen LogP contribution >= 0.6 is 0 Å². The van der Waals surface area contributed by atoms with E-state index >= 15 is 0 Å². The zero-order chi connectivity index (χ0) is 22.7. The number of hydrogen-bond donors (Lipinski definition) is 3. The molecule has 2 amide bonds. The lowest BCUT2D eigenvalue weighted by Gasteiger charge is -2.36. The quantitative estimate of drug-likeness (QED) is 0.547. The number of amides is 2. The number of carbonyl (C=O) groups excluding carboxylic acids is 1. The highest BCUT2D eigenvalue weighted by molar-refractivity contribution is 5.76. The van der Waals surface area contributed by atoms with Gasteiger partial charge in [0.15, 0.2) is 0 Å². The molecular formula is C24H32N6O2. The van der Waals surface area contributed by atoms with E-state index in [2.05, 4.69) is 58.2 Å². The fourth-order valence-electron chi connectivity index (χ4n) is 4.12. The summed E-state index contributed by atoms with van der Waals surface area (Å²) >= 11 is 0. The van der Waals surface area contributed by atoms with E-state index in [1.807, 2.05) is 42.6 Å². The summed E-state index contributed by atoms with van der Waals surface area (Å²) in [6.07, 6.45) is 2.19. The van der Waals surface area contributed by atoms with Gasteiger partial charge in [-0.1, -0.05) is 32.0 Å². The van der Waals surface area contributed by atoms with Crippen molar-refractivity contribution in [3.63, 3.8) is 0 Å². The molecule has 1 aromatic carbocycles. The molecule has 1 aliphatic rings. The molecule has 4 rings (SSSR count). The van der Waals surface area contributed by atoms with Crippen molar-refractivity contribution >= 4 is 22.9 Å². The Balaban J connectivity index is 1.34. The fraction of sp³-hybridized carbons (Fsp3) is 0.458. The van der Waals surface area contributed by atoms with Gasteiger partial charge in [-0.3, -0.25) is 0 Å². The van der Waals surface area contributed by atoms with Crippen molar-refractivity contribution in [1.29, 1.82) is 0 Å². The zero-order valence-corrected chi connectivity index (χ0v) is 19.1. The molecule has 3 N–H and O–H groups in total. The predicted octanol–water partition coefficient (Wildman–Crippen LogP) is 3.77. The van der Waals surface area contributed by atoms with Gasteiger partial charge in [-0.2, -0.15) is 0 Å². The van der Waals surface area contributed by atoms with Crippen molar-refractivity contribution in [2.24, 2.45) is 5.92 Å². The first-order valence-corrected chi connectivity index (χ1v) is 11.2. The molecule has 0 radical (unpaired) electrons. The third kappa shape index (κ3) is 5.19. The number of anilines is 1. The van der Waals surface area contributed by atoms with E-state index in [9.17, 15) is 4.79 Å². The highest BCUT2D eigenvalue weighted by atomic mass is 16.5. The SMILES string of the molecule is CC1CN(c2ccc(CNC(=O)NC(c3nc4ccccc4[nH]3)C(C)C)cn2)CC(C)O1. The summed E-state index contributed by atoms with van der Waals surface area (Å²) in [6, 6.07) is 11.4. The largest absolute Gasteiger partial charge is 0.372 e. The molecule has 1 saturated heterocycles. The topological polar surface area (TPSA) is 95.2 Å². The maximum Gasteiger partial charge on any atom is 0.315 e. The molecule has 3 unspecified atom stereocenters. The van der Waals surface area contributed by atoms with Crippen LogP contribution in [-0.2, 0) is 11.3 Å². The molecular weight excluding hydrogens is 404 g/mol. The molecule has 0 bridgehead atoms. The Morgan fingerprint density at radius 2 is 1.94 bits per heavy atom. The molecule has 32 heavy (non-hydrogen) atoms. The van der Waals surface area contributed by atoms with Gasteiger partial charge in [0.2, 0.25) is 0 Å². The van der Waals surface area contributed by atoms with E-state index in [0.717, 1.165) is 41.3 Å². The number of nitrogens with zero attached hydrogens (tertiary/aromatic N) is 3. The number of rotatable bonds is 6. The number of pyridine rings is 1. The molecule has 8 nitrogen and oxygen atoms in total. The van der Waals surface area contributed by atoms with Gasteiger partial charge >= 0.3 is 6.03 Å². The van der Waals surface area contributed by atoms with Gasteiger partial charge in [-0.05, 0) is 43.5 Å². The van der Waals surface area contributed by atoms with Crippen LogP contribution in [0.2, 0.25) is 0 Å². The lowest BCUT2D eigenvalue weighted by molar-refractivity contribution is -0.00546. The zero-order valence-electron chi connectivity index (χ0n) is 19.1. The molecule has 0 saturated carbocycles. The standard InChI is InChI=1S/C24H32N6O2/c1-15(2)22(23-27-19-7-5-6-8-20(19)28-23)29-24(31)26-12-18-9-10-21(25-11-18)30-13-16(3)32-17(4)14-30/h5-11,15-17,22H,12-14H2,1-4H3,(H,27,28)(H2,26,29,31). The molecule has 3 atom stereocenters. The lowest BCUT2D eigenvalue weighted by Crippen LogP contribution is -2.45. The van der Waals surface area contributed by atoms with Crippen LogP contribution in [-0.4, -0.2) is 46.3 Å². The number of hydrogen-bond acceptors (Lipinski definition) is 5. The molecule has 8 heteroatoms. The summed E-state index contributed by atoms with van der Waals surface area (Å²) in [5.74, 6) is 1.88. The van der Waals surface area contributed by atoms with E-state index in [4.69, 9.17) is 4.74 Å². The third-order valence-electron chi connectivity index (χ3n) is 5.66. The first-order valence-electron chi connectivity index (χ1n) is 11.2. The van der Waals surface area contributed by atoms with Crippen molar-refractivity contribution in [3.8, 4) is 0 Å². The predicted molar refractivity (Wildman–Crippen MR) is 126 cm³/mol. The minimum atomic E-state index is -0.232. The number of ether oxygens (including phenoxy) is 1. The van der Waals surface area contributed by atoms with Gasteiger partial charge < -0.3 is 25.3 Å². The number of para-hydroxylation sites is 2. The first-order chi connectivity index (χ1) is 15.4. The van der Waals surface area contributed by atoms with E-state index < -0.39 is 0 Å². The second-order valence-electron chi connectivity index (χ2n) is 8.87. The van der Waals surface area contributed by atoms with Gasteiger partial charge in [-0.25, -0.2) is 14.8 Å². The Morgan fingerprint density at radius 1 is 1.19 bits per heavy atom. The third-order valence-corrected chi connectivity index (χ3v) is 5.66. The second-order valence-corrected chi connectivity index (χ2v) is 8.87.